The van der Waals surface area contributed by atoms with Gasteiger partial charge in [-0.05, 0) is 12.5 Å². The molecule has 4 nitrogen and oxygen atoms in total. The van der Waals surface area contributed by atoms with Crippen LogP contribution in [0, 0.1) is 0 Å². The third-order valence-electron chi connectivity index (χ3n) is 1.74. The second kappa shape index (κ2) is 3.68. The summed E-state index contributed by atoms with van der Waals surface area (Å²) in [5.74, 6) is 4.69. The number of imide groups is 1. The van der Waals surface area contributed by atoms with E-state index in [-0.39, 0.29) is 22.3 Å². The summed E-state index contributed by atoms with van der Waals surface area (Å²) in [4.78, 5) is 22.5. The first-order valence-electron chi connectivity index (χ1n) is 3.31. The summed E-state index contributed by atoms with van der Waals surface area (Å²) in [6.45, 7) is 0. The van der Waals surface area contributed by atoms with Crippen molar-refractivity contribution >= 4 is 35.3 Å². The lowest BCUT2D eigenvalue weighted by molar-refractivity contribution is -0.138. The molecular formula is C6H10N2O2S2. The molecular weight excluding hydrogens is 196 g/mol. The minimum absolute atomic E-state index is 0.285. The molecule has 0 aliphatic carbocycles. The van der Waals surface area contributed by atoms with E-state index in [0.29, 0.717) is 0 Å². The van der Waals surface area contributed by atoms with Crippen LogP contribution in [-0.4, -0.2) is 39.8 Å². The quantitative estimate of drug-likeness (QED) is 0.381. The maximum Gasteiger partial charge on any atom is 0.258 e. The molecule has 0 aromatic heterocycles. The molecule has 1 saturated heterocycles. The first kappa shape index (κ1) is 9.88. The maximum absolute atomic E-state index is 11.3. The molecule has 0 bridgehead atoms. The monoisotopic (exact) mass is 206 g/mol. The molecule has 1 fully saturated rings. The highest BCUT2D eigenvalue weighted by Gasteiger charge is 2.45. The molecule has 1 rings (SSSR count). The lowest BCUT2D eigenvalue weighted by atomic mass is 10.3. The Kier molecular flexibility index (Phi) is 3.03. The lowest BCUT2D eigenvalue weighted by Gasteiger charge is -2.07. The largest absolute Gasteiger partial charge is 0.272 e. The molecule has 0 saturated carbocycles. The van der Waals surface area contributed by atoms with Crippen molar-refractivity contribution in [2.75, 3.05) is 12.5 Å². The van der Waals surface area contributed by atoms with Crippen molar-refractivity contribution in [2.45, 2.75) is 10.5 Å². The topological polar surface area (TPSA) is 63.4 Å². The number of nitrogens with two attached hydrogens (primary N) is 1. The number of thioether (sulfide) groups is 2. The summed E-state index contributed by atoms with van der Waals surface area (Å²) in [7, 11) is 0. The lowest BCUT2D eigenvalue weighted by Crippen LogP contribution is -2.38. The second-order valence-corrected chi connectivity index (χ2v) is 4.32. The van der Waals surface area contributed by atoms with E-state index in [1.807, 2.05) is 0 Å². The average Bonchev–Trinajstić information content (AvgIpc) is 2.29. The standard InChI is InChI=1S/C6H10N2O2S2/c1-11-3-4(12-2)6(10)8(7)5(3)9/h3-4H,7H2,1-2H3. The van der Waals surface area contributed by atoms with Gasteiger partial charge in [0, 0.05) is 0 Å². The summed E-state index contributed by atoms with van der Waals surface area (Å²) in [5, 5.41) is 0.109. The molecule has 0 spiro atoms. The van der Waals surface area contributed by atoms with Crippen LogP contribution < -0.4 is 5.84 Å². The van der Waals surface area contributed by atoms with Crippen molar-refractivity contribution in [3.05, 3.63) is 0 Å². The predicted molar refractivity (Wildman–Crippen MR) is 50.6 cm³/mol. The Hall–Kier alpha value is -0.200. The van der Waals surface area contributed by atoms with Crippen LogP contribution in [0.15, 0.2) is 0 Å². The van der Waals surface area contributed by atoms with Gasteiger partial charge in [0.15, 0.2) is 0 Å². The van der Waals surface area contributed by atoms with Crippen molar-refractivity contribution in [3.63, 3.8) is 0 Å². The number of rotatable bonds is 2. The Bertz CT molecular complexity index is 200. The highest BCUT2D eigenvalue weighted by atomic mass is 32.2. The summed E-state index contributed by atoms with van der Waals surface area (Å²) < 4.78 is 0. The summed E-state index contributed by atoms with van der Waals surface area (Å²) in [5.41, 5.74) is 0. The molecule has 1 aliphatic rings. The van der Waals surface area contributed by atoms with Crippen LogP contribution >= 0.6 is 23.5 Å². The number of hydrogen-bond acceptors (Lipinski definition) is 5. The highest BCUT2D eigenvalue weighted by molar-refractivity contribution is 8.04. The van der Waals surface area contributed by atoms with Gasteiger partial charge >= 0.3 is 0 Å². The fraction of sp³-hybridized carbons (Fsp3) is 0.667. The molecule has 0 aromatic carbocycles. The average molecular weight is 206 g/mol. The zero-order chi connectivity index (χ0) is 9.30. The minimum atomic E-state index is -0.308. The zero-order valence-corrected chi connectivity index (χ0v) is 8.45. The van der Waals surface area contributed by atoms with Gasteiger partial charge in [-0.1, -0.05) is 0 Å². The molecule has 68 valence electrons. The SMILES string of the molecule is CSC1C(=O)N(N)C(=O)C1SC. The maximum atomic E-state index is 11.3. The van der Waals surface area contributed by atoms with Crippen molar-refractivity contribution in [1.82, 2.24) is 5.01 Å². The molecule has 2 N–H and O–H groups in total. The van der Waals surface area contributed by atoms with Gasteiger partial charge in [-0.3, -0.25) is 9.59 Å². The molecule has 1 heterocycles. The molecule has 12 heavy (non-hydrogen) atoms. The highest BCUT2D eigenvalue weighted by Crippen LogP contribution is 2.29. The number of hydrogen-bond donors (Lipinski definition) is 1. The minimum Gasteiger partial charge on any atom is -0.272 e. The van der Waals surface area contributed by atoms with Crippen LogP contribution in [-0.2, 0) is 9.59 Å². The summed E-state index contributed by atoms with van der Waals surface area (Å²) in [6, 6.07) is 0. The fourth-order valence-corrected chi connectivity index (χ4v) is 3.11. The summed E-state index contributed by atoms with van der Waals surface area (Å²) in [6.07, 6.45) is 3.61. The second-order valence-electron chi connectivity index (χ2n) is 2.36. The van der Waals surface area contributed by atoms with Crippen molar-refractivity contribution in [1.29, 1.82) is 0 Å². The Morgan fingerprint density at radius 1 is 1.17 bits per heavy atom. The molecule has 2 unspecified atom stereocenters. The Morgan fingerprint density at radius 2 is 1.50 bits per heavy atom. The van der Waals surface area contributed by atoms with Crippen LogP contribution in [0.3, 0.4) is 0 Å². The van der Waals surface area contributed by atoms with E-state index >= 15 is 0 Å². The smallest absolute Gasteiger partial charge is 0.258 e. The van der Waals surface area contributed by atoms with E-state index in [2.05, 4.69) is 0 Å². The van der Waals surface area contributed by atoms with Crippen LogP contribution in [0.5, 0.6) is 0 Å². The van der Waals surface area contributed by atoms with Gasteiger partial charge in [0.1, 0.15) is 10.5 Å². The van der Waals surface area contributed by atoms with Crippen LogP contribution in [0.1, 0.15) is 0 Å². The normalized spacial score (nSPS) is 30.1. The van der Waals surface area contributed by atoms with E-state index in [1.54, 1.807) is 12.5 Å². The molecule has 6 heteroatoms. The molecule has 0 radical (unpaired) electrons. The fourth-order valence-electron chi connectivity index (χ4n) is 1.09. The molecule has 1 aliphatic heterocycles. The number of nitrogens with zero attached hydrogens (tertiary/aromatic N) is 1. The Balaban J connectivity index is 2.87. The van der Waals surface area contributed by atoms with Gasteiger partial charge in [0.05, 0.1) is 0 Å². The van der Waals surface area contributed by atoms with Gasteiger partial charge in [0.25, 0.3) is 11.8 Å². The summed E-state index contributed by atoms with van der Waals surface area (Å²) >= 11 is 2.74. The number of amides is 2. The third kappa shape index (κ3) is 1.34. The van der Waals surface area contributed by atoms with Gasteiger partial charge in [-0.2, -0.15) is 23.5 Å². The van der Waals surface area contributed by atoms with Crippen molar-refractivity contribution in [2.24, 2.45) is 5.84 Å². The first-order chi connectivity index (χ1) is 5.63. The van der Waals surface area contributed by atoms with Gasteiger partial charge in [-0.25, -0.2) is 10.9 Å². The van der Waals surface area contributed by atoms with Gasteiger partial charge in [0.2, 0.25) is 0 Å². The van der Waals surface area contributed by atoms with Gasteiger partial charge in [-0.15, -0.1) is 0 Å². The van der Waals surface area contributed by atoms with Gasteiger partial charge < -0.3 is 0 Å². The van der Waals surface area contributed by atoms with Crippen molar-refractivity contribution < 1.29 is 9.59 Å². The molecule has 2 atom stereocenters. The molecule has 0 aromatic rings. The number of hydrazine groups is 1. The zero-order valence-electron chi connectivity index (χ0n) is 6.81. The number of carbonyl (C=O) groups is 2. The van der Waals surface area contributed by atoms with E-state index in [4.69, 9.17) is 5.84 Å². The third-order valence-corrected chi connectivity index (χ3v) is 3.88. The van der Waals surface area contributed by atoms with Crippen LogP contribution in [0.4, 0.5) is 0 Å². The van der Waals surface area contributed by atoms with Crippen LogP contribution in [0.25, 0.3) is 0 Å². The predicted octanol–water partition coefficient (Wildman–Crippen LogP) is -0.308. The molecule has 2 amide bonds. The van der Waals surface area contributed by atoms with E-state index in [1.165, 1.54) is 23.5 Å². The van der Waals surface area contributed by atoms with Crippen LogP contribution in [0.2, 0.25) is 0 Å². The van der Waals surface area contributed by atoms with E-state index in [0.717, 1.165) is 5.01 Å². The number of carbonyl (C=O) groups excluding carboxylic acids is 2. The Labute approximate surface area is 79.2 Å². The Morgan fingerprint density at radius 3 is 1.75 bits per heavy atom. The van der Waals surface area contributed by atoms with E-state index < -0.39 is 0 Å². The first-order valence-corrected chi connectivity index (χ1v) is 5.89. The van der Waals surface area contributed by atoms with E-state index in [9.17, 15) is 9.59 Å². The van der Waals surface area contributed by atoms with Crippen molar-refractivity contribution in [3.8, 4) is 0 Å².